The van der Waals surface area contributed by atoms with Gasteiger partial charge in [0.15, 0.2) is 0 Å². The molecule has 0 aromatic heterocycles. The second-order valence-electron chi connectivity index (χ2n) is 5.59. The van der Waals surface area contributed by atoms with E-state index in [1.807, 2.05) is 0 Å². The van der Waals surface area contributed by atoms with Gasteiger partial charge >= 0.3 is 117 Å². The summed E-state index contributed by atoms with van der Waals surface area (Å²) in [6, 6.07) is 8.88. The van der Waals surface area contributed by atoms with Crippen molar-refractivity contribution in [3.05, 3.63) is 57.6 Å². The first-order valence-corrected chi connectivity index (χ1v) is 6.90. The molecular weight excluding hydrogens is 246 g/mol. The van der Waals surface area contributed by atoms with Gasteiger partial charge in [-0.25, -0.2) is 0 Å². The van der Waals surface area contributed by atoms with E-state index in [4.69, 9.17) is 0 Å². The largest absolute Gasteiger partial charge is 1.00 e. The standard InChI is InChI=1S/C18H22B.FH/c1-11-7-9-17(15(5)13(11)3)19-18-10-8-12(2)14(4)16(18)6;/h7-10H,1-6H3;1H/q+1;/p-1. The molecule has 0 atom stereocenters. The maximum Gasteiger partial charge on any atom is -1.00 e. The number of halogens is 1. The van der Waals surface area contributed by atoms with E-state index >= 15 is 0 Å². The van der Waals surface area contributed by atoms with Gasteiger partial charge in [-0.15, -0.1) is 0 Å². The fraction of sp³-hybridized carbons (Fsp3) is 0.333. The minimum absolute atomic E-state index is 0. The second-order valence-corrected chi connectivity index (χ2v) is 5.59. The smallest absolute Gasteiger partial charge is 1.00 e. The quantitative estimate of drug-likeness (QED) is 0.682. The molecule has 2 heteroatoms. The van der Waals surface area contributed by atoms with E-state index < -0.39 is 0 Å². The number of hydrogen-bond acceptors (Lipinski definition) is 0. The van der Waals surface area contributed by atoms with Crippen molar-refractivity contribution in [1.82, 2.24) is 0 Å². The van der Waals surface area contributed by atoms with Crippen LogP contribution in [-0.2, 0) is 0 Å². The Morgan fingerprint density at radius 2 is 0.900 bits per heavy atom. The Morgan fingerprint density at radius 1 is 0.550 bits per heavy atom. The summed E-state index contributed by atoms with van der Waals surface area (Å²) >= 11 is 0. The van der Waals surface area contributed by atoms with Crippen molar-refractivity contribution in [2.45, 2.75) is 41.5 Å². The molecule has 0 amide bonds. The summed E-state index contributed by atoms with van der Waals surface area (Å²) in [5.41, 5.74) is 11.0. The molecule has 0 aliphatic rings. The van der Waals surface area contributed by atoms with Crippen LogP contribution in [0.2, 0.25) is 0 Å². The van der Waals surface area contributed by atoms with Crippen LogP contribution >= 0.6 is 0 Å². The number of benzene rings is 2. The number of hydrogen-bond donors (Lipinski definition) is 0. The maximum atomic E-state index is 2.31. The van der Waals surface area contributed by atoms with Crippen LogP contribution in [-0.4, -0.2) is 7.28 Å². The van der Waals surface area contributed by atoms with E-state index in [1.54, 1.807) is 0 Å². The molecule has 2 aromatic carbocycles. The van der Waals surface area contributed by atoms with E-state index in [0.717, 1.165) is 0 Å². The molecule has 0 spiro atoms. The van der Waals surface area contributed by atoms with Crippen LogP contribution in [0.25, 0.3) is 0 Å². The van der Waals surface area contributed by atoms with Gasteiger partial charge in [0.2, 0.25) is 0 Å². The molecule has 0 saturated carbocycles. The SMILES string of the molecule is Cc1ccc([B+]c2ccc(C)c(C)c2C)c(C)c1C.[F-]. The van der Waals surface area contributed by atoms with Crippen LogP contribution in [0, 0.1) is 41.5 Å². The Morgan fingerprint density at radius 3 is 1.25 bits per heavy atom. The van der Waals surface area contributed by atoms with E-state index in [-0.39, 0.29) is 4.70 Å². The van der Waals surface area contributed by atoms with Gasteiger partial charge in [-0.2, -0.15) is 0 Å². The summed E-state index contributed by atoms with van der Waals surface area (Å²) < 4.78 is 0. The molecule has 0 radical (unpaired) electrons. The van der Waals surface area contributed by atoms with Crippen molar-refractivity contribution in [3.8, 4) is 0 Å². The molecule has 0 nitrogen and oxygen atoms in total. The van der Waals surface area contributed by atoms with Crippen LogP contribution < -0.4 is 15.6 Å². The predicted molar refractivity (Wildman–Crippen MR) is 86.3 cm³/mol. The summed E-state index contributed by atoms with van der Waals surface area (Å²) in [7, 11) is 2.31. The van der Waals surface area contributed by atoms with Gasteiger partial charge in [-0.05, 0) is 0 Å². The first kappa shape index (κ1) is 16.5. The minimum Gasteiger partial charge on any atom is -1.00 e. The van der Waals surface area contributed by atoms with Crippen LogP contribution in [0.4, 0.5) is 0 Å². The van der Waals surface area contributed by atoms with Gasteiger partial charge in [0, 0.05) is 0 Å². The zero-order valence-electron chi connectivity index (χ0n) is 13.3. The Hall–Kier alpha value is -1.57. The van der Waals surface area contributed by atoms with Crippen LogP contribution in [0.1, 0.15) is 33.4 Å². The normalized spacial score (nSPS) is 9.90. The van der Waals surface area contributed by atoms with Crippen molar-refractivity contribution in [2.24, 2.45) is 0 Å². The molecule has 0 aliphatic heterocycles. The third kappa shape index (κ3) is 2.95. The zero-order chi connectivity index (χ0) is 14.2. The van der Waals surface area contributed by atoms with Crippen molar-refractivity contribution in [3.63, 3.8) is 0 Å². The number of rotatable bonds is 2. The van der Waals surface area contributed by atoms with Gasteiger partial charge in [-0.1, -0.05) is 0 Å². The van der Waals surface area contributed by atoms with Gasteiger partial charge in [0.25, 0.3) is 0 Å². The Kier molecular flexibility index (Phi) is 5.16. The first-order chi connectivity index (χ1) is 8.91. The fourth-order valence-electron chi connectivity index (χ4n) is 2.43. The summed E-state index contributed by atoms with van der Waals surface area (Å²) in [6.45, 7) is 13.2. The van der Waals surface area contributed by atoms with E-state index in [2.05, 4.69) is 73.1 Å². The molecule has 20 heavy (non-hydrogen) atoms. The summed E-state index contributed by atoms with van der Waals surface area (Å²) in [6.07, 6.45) is 0. The molecule has 0 fully saturated rings. The Bertz CT molecular complexity index is 574. The molecule has 0 unspecified atom stereocenters. The molecular formula is C18H22BF. The van der Waals surface area contributed by atoms with E-state index in [9.17, 15) is 0 Å². The van der Waals surface area contributed by atoms with Crippen LogP contribution in [0.3, 0.4) is 0 Å². The second kappa shape index (κ2) is 6.26. The maximum absolute atomic E-state index is 2.31. The van der Waals surface area contributed by atoms with Gasteiger partial charge in [-0.3, -0.25) is 0 Å². The first-order valence-electron chi connectivity index (χ1n) is 6.90. The molecule has 0 aliphatic carbocycles. The average Bonchev–Trinajstić information content (AvgIpc) is 2.39. The molecule has 0 saturated heterocycles. The van der Waals surface area contributed by atoms with E-state index in [1.165, 1.54) is 44.3 Å². The van der Waals surface area contributed by atoms with E-state index in [0.29, 0.717) is 0 Å². The van der Waals surface area contributed by atoms with Crippen molar-refractivity contribution in [2.75, 3.05) is 0 Å². The molecule has 104 valence electrons. The minimum atomic E-state index is 0. The molecule has 0 bridgehead atoms. The molecule has 0 N–H and O–H groups in total. The van der Waals surface area contributed by atoms with Gasteiger partial charge < -0.3 is 4.70 Å². The monoisotopic (exact) mass is 268 g/mol. The molecule has 2 aromatic rings. The fourth-order valence-corrected chi connectivity index (χ4v) is 2.43. The summed E-state index contributed by atoms with van der Waals surface area (Å²) in [5.74, 6) is 0. The average molecular weight is 268 g/mol. The Labute approximate surface area is 122 Å². The van der Waals surface area contributed by atoms with Gasteiger partial charge in [0.1, 0.15) is 0 Å². The van der Waals surface area contributed by atoms with Crippen LogP contribution in [0.5, 0.6) is 0 Å². The Balaban J connectivity index is 0.00000200. The van der Waals surface area contributed by atoms with Crippen molar-refractivity contribution in [1.29, 1.82) is 0 Å². The van der Waals surface area contributed by atoms with Crippen LogP contribution in [0.15, 0.2) is 24.3 Å². The topological polar surface area (TPSA) is 0 Å². The zero-order valence-corrected chi connectivity index (χ0v) is 13.3. The molecule has 0 heterocycles. The van der Waals surface area contributed by atoms with Crippen molar-refractivity contribution >= 4 is 18.2 Å². The predicted octanol–water partition coefficient (Wildman–Crippen LogP) is 0.196. The third-order valence-corrected chi connectivity index (χ3v) is 4.51. The summed E-state index contributed by atoms with van der Waals surface area (Å²) in [5, 5.41) is 0. The number of aryl methyl sites for hydroxylation is 2. The molecule has 2 rings (SSSR count). The van der Waals surface area contributed by atoms with Crippen molar-refractivity contribution < 1.29 is 4.70 Å². The third-order valence-electron chi connectivity index (χ3n) is 4.51. The van der Waals surface area contributed by atoms with Gasteiger partial charge in [0.05, 0.1) is 0 Å². The summed E-state index contributed by atoms with van der Waals surface area (Å²) in [4.78, 5) is 0.